The van der Waals surface area contributed by atoms with E-state index in [1.165, 1.54) is 7.11 Å². The summed E-state index contributed by atoms with van der Waals surface area (Å²) in [5.74, 6) is 2.49. The second-order valence-corrected chi connectivity index (χ2v) is 5.72. The maximum atomic E-state index is 12.8. The van der Waals surface area contributed by atoms with Gasteiger partial charge in [0.25, 0.3) is 5.91 Å². The second kappa shape index (κ2) is 9.02. The van der Waals surface area contributed by atoms with E-state index in [0.717, 1.165) is 5.56 Å². The van der Waals surface area contributed by atoms with Gasteiger partial charge in [-0.1, -0.05) is 0 Å². The number of carbonyl (C=O) groups is 1. The first-order valence-corrected chi connectivity index (χ1v) is 8.26. The highest BCUT2D eigenvalue weighted by atomic mass is 16.5. The van der Waals surface area contributed by atoms with E-state index >= 15 is 0 Å². The fourth-order valence-corrected chi connectivity index (χ4v) is 2.80. The molecule has 2 rings (SSSR count). The van der Waals surface area contributed by atoms with Crippen molar-refractivity contribution in [2.24, 2.45) is 0 Å². The van der Waals surface area contributed by atoms with Crippen LogP contribution in [0.25, 0.3) is 0 Å². The molecule has 7 nitrogen and oxygen atoms in total. The fourth-order valence-electron chi connectivity index (χ4n) is 2.80. The Kier molecular flexibility index (Phi) is 6.76. The van der Waals surface area contributed by atoms with Gasteiger partial charge < -0.3 is 28.6 Å². The number of hydrogen-bond acceptors (Lipinski definition) is 6. The van der Waals surface area contributed by atoms with Crippen molar-refractivity contribution in [3.05, 3.63) is 41.5 Å². The number of benzene rings is 2. The molecular weight excluding hydrogens is 350 g/mol. The van der Waals surface area contributed by atoms with Crippen LogP contribution < -0.4 is 23.7 Å². The monoisotopic (exact) mass is 375 g/mol. The second-order valence-electron chi connectivity index (χ2n) is 5.72. The highest BCUT2D eigenvalue weighted by Crippen LogP contribution is 2.40. The van der Waals surface area contributed by atoms with Crippen LogP contribution in [0.2, 0.25) is 0 Å². The normalized spacial score (nSPS) is 10.1. The molecule has 0 atom stereocenters. The predicted molar refractivity (Wildman–Crippen MR) is 101 cm³/mol. The molecule has 0 saturated carbocycles. The van der Waals surface area contributed by atoms with Crippen molar-refractivity contribution in [3.63, 3.8) is 0 Å². The predicted octanol–water partition coefficient (Wildman–Crippen LogP) is 3.00. The number of ether oxygens (including phenoxy) is 5. The molecule has 1 amide bonds. The Labute approximate surface area is 159 Å². The number of amides is 1. The van der Waals surface area contributed by atoms with Gasteiger partial charge in [-0.15, -0.1) is 0 Å². The molecule has 146 valence electrons. The Morgan fingerprint density at radius 1 is 0.778 bits per heavy atom. The summed E-state index contributed by atoms with van der Waals surface area (Å²) in [5, 5.41) is 0. The van der Waals surface area contributed by atoms with Gasteiger partial charge >= 0.3 is 0 Å². The van der Waals surface area contributed by atoms with E-state index in [4.69, 9.17) is 23.7 Å². The average molecular weight is 375 g/mol. The Hall–Kier alpha value is -3.09. The van der Waals surface area contributed by atoms with E-state index in [2.05, 4.69) is 0 Å². The van der Waals surface area contributed by atoms with Gasteiger partial charge in [0.2, 0.25) is 5.75 Å². The quantitative estimate of drug-likeness (QED) is 0.707. The maximum Gasteiger partial charge on any atom is 0.254 e. The lowest BCUT2D eigenvalue weighted by Gasteiger charge is -2.21. The first-order chi connectivity index (χ1) is 13.0. The van der Waals surface area contributed by atoms with Crippen molar-refractivity contribution in [1.82, 2.24) is 4.90 Å². The van der Waals surface area contributed by atoms with Crippen LogP contribution in [0.4, 0.5) is 0 Å². The average Bonchev–Trinajstić information content (AvgIpc) is 2.71. The topological polar surface area (TPSA) is 66.5 Å². The van der Waals surface area contributed by atoms with Crippen molar-refractivity contribution in [1.29, 1.82) is 0 Å². The summed E-state index contributed by atoms with van der Waals surface area (Å²) in [5.41, 5.74) is 1.29. The number of rotatable bonds is 8. The molecule has 0 bridgehead atoms. The molecule has 0 saturated heterocycles. The smallest absolute Gasteiger partial charge is 0.254 e. The summed E-state index contributed by atoms with van der Waals surface area (Å²) >= 11 is 0. The molecule has 0 aliphatic rings. The zero-order valence-electron chi connectivity index (χ0n) is 16.5. The van der Waals surface area contributed by atoms with Gasteiger partial charge in [0, 0.05) is 24.7 Å². The highest BCUT2D eigenvalue weighted by molar-refractivity contribution is 5.94. The standard InChI is InChI=1S/C20H25NO6/c1-21(20(22)13-7-9-15(23-2)17(11-13)25-4)12-14-8-10-16(24-3)19(27-6)18(14)26-5/h7-11H,12H2,1-6H3. The number of nitrogens with zero attached hydrogens (tertiary/aromatic N) is 1. The third kappa shape index (κ3) is 4.19. The summed E-state index contributed by atoms with van der Waals surface area (Å²) in [7, 11) is 9.46. The molecule has 0 aliphatic carbocycles. The lowest BCUT2D eigenvalue weighted by atomic mass is 10.1. The molecule has 7 heteroatoms. The molecule has 27 heavy (non-hydrogen) atoms. The van der Waals surface area contributed by atoms with Crippen LogP contribution in [0.3, 0.4) is 0 Å². The minimum absolute atomic E-state index is 0.159. The lowest BCUT2D eigenvalue weighted by Crippen LogP contribution is -2.26. The van der Waals surface area contributed by atoms with Crippen LogP contribution >= 0.6 is 0 Å². The molecule has 0 spiro atoms. The molecule has 0 aromatic heterocycles. The molecule has 2 aromatic carbocycles. The summed E-state index contributed by atoms with van der Waals surface area (Å²) in [6, 6.07) is 8.69. The van der Waals surface area contributed by atoms with E-state index in [-0.39, 0.29) is 5.91 Å². The summed E-state index contributed by atoms with van der Waals surface area (Å²) < 4.78 is 26.7. The number of carbonyl (C=O) groups excluding carboxylic acids is 1. The van der Waals surface area contributed by atoms with Gasteiger partial charge in [0.15, 0.2) is 23.0 Å². The van der Waals surface area contributed by atoms with E-state index in [1.807, 2.05) is 6.07 Å². The molecule has 0 N–H and O–H groups in total. The van der Waals surface area contributed by atoms with Gasteiger partial charge in [-0.2, -0.15) is 0 Å². The number of hydrogen-bond donors (Lipinski definition) is 0. The first-order valence-electron chi connectivity index (χ1n) is 8.26. The van der Waals surface area contributed by atoms with Crippen molar-refractivity contribution < 1.29 is 28.5 Å². The lowest BCUT2D eigenvalue weighted by molar-refractivity contribution is 0.0783. The van der Waals surface area contributed by atoms with E-state index in [0.29, 0.717) is 40.9 Å². The van der Waals surface area contributed by atoms with Crippen LogP contribution in [0, 0.1) is 0 Å². The van der Waals surface area contributed by atoms with E-state index < -0.39 is 0 Å². The minimum atomic E-state index is -0.159. The van der Waals surface area contributed by atoms with Crippen molar-refractivity contribution in [2.75, 3.05) is 42.6 Å². The summed E-state index contributed by atoms with van der Waals surface area (Å²) in [6.45, 7) is 0.330. The summed E-state index contributed by atoms with van der Waals surface area (Å²) in [4.78, 5) is 14.4. The molecule has 0 fully saturated rings. The van der Waals surface area contributed by atoms with Crippen LogP contribution in [-0.4, -0.2) is 53.4 Å². The van der Waals surface area contributed by atoms with Crippen molar-refractivity contribution in [3.8, 4) is 28.7 Å². The van der Waals surface area contributed by atoms with Crippen LogP contribution in [0.1, 0.15) is 15.9 Å². The third-order valence-electron chi connectivity index (χ3n) is 4.17. The molecule has 2 aromatic rings. The maximum absolute atomic E-state index is 12.8. The van der Waals surface area contributed by atoms with E-state index in [9.17, 15) is 4.79 Å². The molecular formula is C20H25NO6. The first kappa shape index (κ1) is 20.2. The van der Waals surface area contributed by atoms with E-state index in [1.54, 1.807) is 64.7 Å². The van der Waals surface area contributed by atoms with Crippen molar-refractivity contribution >= 4 is 5.91 Å². The van der Waals surface area contributed by atoms with Gasteiger partial charge in [-0.25, -0.2) is 0 Å². The van der Waals surface area contributed by atoms with Crippen LogP contribution in [0.5, 0.6) is 28.7 Å². The Morgan fingerprint density at radius 3 is 1.93 bits per heavy atom. The molecule has 0 heterocycles. The SMILES string of the molecule is COc1ccc(C(=O)N(C)Cc2ccc(OC)c(OC)c2OC)cc1OC. The molecule has 0 unspecified atom stereocenters. The van der Waals surface area contributed by atoms with Gasteiger partial charge in [-0.05, 0) is 30.3 Å². The zero-order chi connectivity index (χ0) is 20.0. The van der Waals surface area contributed by atoms with Gasteiger partial charge in [0.05, 0.1) is 35.5 Å². The zero-order valence-corrected chi connectivity index (χ0v) is 16.5. The Bertz CT molecular complexity index is 805. The third-order valence-corrected chi connectivity index (χ3v) is 4.17. The number of methoxy groups -OCH3 is 5. The summed E-state index contributed by atoms with van der Waals surface area (Å²) in [6.07, 6.45) is 0. The van der Waals surface area contributed by atoms with Crippen LogP contribution in [0.15, 0.2) is 30.3 Å². The Morgan fingerprint density at radius 2 is 1.37 bits per heavy atom. The minimum Gasteiger partial charge on any atom is -0.493 e. The van der Waals surface area contributed by atoms with Gasteiger partial charge in [-0.3, -0.25) is 4.79 Å². The molecule has 0 radical (unpaired) electrons. The van der Waals surface area contributed by atoms with Crippen molar-refractivity contribution in [2.45, 2.75) is 6.54 Å². The van der Waals surface area contributed by atoms with Crippen LogP contribution in [-0.2, 0) is 6.54 Å². The highest BCUT2D eigenvalue weighted by Gasteiger charge is 2.20. The largest absolute Gasteiger partial charge is 0.493 e. The van der Waals surface area contributed by atoms with Gasteiger partial charge in [0.1, 0.15) is 0 Å². The molecule has 0 aliphatic heterocycles. The Balaban J connectivity index is 2.29. The fraction of sp³-hybridized carbons (Fsp3) is 0.350.